The third-order valence-corrected chi connectivity index (χ3v) is 3.44. The first kappa shape index (κ1) is 15.3. The van der Waals surface area contributed by atoms with Gasteiger partial charge in [-0.3, -0.25) is 0 Å². The summed E-state index contributed by atoms with van der Waals surface area (Å²) in [5, 5.41) is 0. The van der Waals surface area contributed by atoms with Crippen molar-refractivity contribution < 1.29 is 4.74 Å². The Hall–Kier alpha value is -1.06. The first-order valence-corrected chi connectivity index (χ1v) is 7.95. The van der Waals surface area contributed by atoms with Gasteiger partial charge in [0, 0.05) is 5.56 Å². The highest BCUT2D eigenvalue weighted by Crippen LogP contribution is 2.30. The van der Waals surface area contributed by atoms with E-state index in [2.05, 4.69) is 70.0 Å². The Morgan fingerprint density at radius 1 is 1.10 bits per heavy atom. The van der Waals surface area contributed by atoms with Gasteiger partial charge < -0.3 is 4.74 Å². The molecule has 0 amide bonds. The smallest absolute Gasteiger partial charge is 0.127 e. The van der Waals surface area contributed by atoms with Crippen LogP contribution in [0, 0.1) is 13.8 Å². The molecule has 20 heavy (non-hydrogen) atoms. The third kappa shape index (κ3) is 4.22. The molecule has 104 valence electrons. The molecule has 0 atom stereocenters. The van der Waals surface area contributed by atoms with Gasteiger partial charge in [0.15, 0.2) is 0 Å². The van der Waals surface area contributed by atoms with E-state index in [-0.39, 0.29) is 0 Å². The number of hydrogen-bond donors (Lipinski definition) is 0. The average Bonchev–Trinajstić information content (AvgIpc) is 2.40. The number of hydrogen-bond acceptors (Lipinski definition) is 1. The standard InChI is InChI=1S/C17H16Br2O/c1-12-8-13(2)15(10-17(18)19)16(9-12)20-11-14-6-4-3-5-7-14/h3-10H,11H2,1-2H3. The summed E-state index contributed by atoms with van der Waals surface area (Å²) in [4.78, 5) is 0. The van der Waals surface area contributed by atoms with Crippen molar-refractivity contribution in [2.75, 3.05) is 0 Å². The lowest BCUT2D eigenvalue weighted by molar-refractivity contribution is 0.305. The topological polar surface area (TPSA) is 9.23 Å². The highest BCUT2D eigenvalue weighted by molar-refractivity contribution is 9.28. The molecule has 0 N–H and O–H groups in total. The van der Waals surface area contributed by atoms with Crippen molar-refractivity contribution in [2.24, 2.45) is 0 Å². The maximum atomic E-state index is 6.00. The molecule has 0 aromatic heterocycles. The Morgan fingerprint density at radius 2 is 1.80 bits per heavy atom. The molecule has 2 aromatic rings. The first-order valence-electron chi connectivity index (χ1n) is 6.37. The molecule has 0 radical (unpaired) electrons. The number of rotatable bonds is 4. The lowest BCUT2D eigenvalue weighted by Gasteiger charge is -2.13. The summed E-state index contributed by atoms with van der Waals surface area (Å²) < 4.78 is 6.90. The quantitative estimate of drug-likeness (QED) is 0.619. The van der Waals surface area contributed by atoms with Crippen LogP contribution in [0.1, 0.15) is 22.3 Å². The van der Waals surface area contributed by atoms with Gasteiger partial charge in [-0.25, -0.2) is 0 Å². The number of ether oxygens (including phenoxy) is 1. The second-order valence-electron chi connectivity index (χ2n) is 4.70. The fraction of sp³-hybridized carbons (Fsp3) is 0.176. The van der Waals surface area contributed by atoms with Crippen LogP contribution in [0.5, 0.6) is 5.75 Å². The van der Waals surface area contributed by atoms with E-state index in [1.54, 1.807) is 0 Å². The van der Waals surface area contributed by atoms with Crippen molar-refractivity contribution in [1.82, 2.24) is 0 Å². The van der Waals surface area contributed by atoms with E-state index >= 15 is 0 Å². The molecular weight excluding hydrogens is 380 g/mol. The summed E-state index contributed by atoms with van der Waals surface area (Å²) in [7, 11) is 0. The molecule has 2 aromatic carbocycles. The average molecular weight is 396 g/mol. The first-order chi connectivity index (χ1) is 9.56. The summed E-state index contributed by atoms with van der Waals surface area (Å²) in [5.74, 6) is 0.905. The van der Waals surface area contributed by atoms with Crippen LogP contribution in [-0.4, -0.2) is 0 Å². The second-order valence-corrected chi connectivity index (χ2v) is 7.47. The van der Waals surface area contributed by atoms with Crippen molar-refractivity contribution in [2.45, 2.75) is 20.5 Å². The minimum atomic E-state index is 0.574. The monoisotopic (exact) mass is 394 g/mol. The van der Waals surface area contributed by atoms with Gasteiger partial charge in [0.2, 0.25) is 0 Å². The fourth-order valence-corrected chi connectivity index (χ4v) is 2.55. The molecule has 1 nitrogen and oxygen atoms in total. The summed E-state index contributed by atoms with van der Waals surface area (Å²) >= 11 is 6.83. The van der Waals surface area contributed by atoms with Gasteiger partial charge in [0.25, 0.3) is 0 Å². The van der Waals surface area contributed by atoms with Gasteiger partial charge in [0.05, 0.1) is 3.39 Å². The molecule has 0 unspecified atom stereocenters. The van der Waals surface area contributed by atoms with Crippen LogP contribution in [0.4, 0.5) is 0 Å². The molecule has 0 saturated carbocycles. The van der Waals surface area contributed by atoms with Gasteiger partial charge in [0.1, 0.15) is 12.4 Å². The minimum absolute atomic E-state index is 0.574. The number of benzene rings is 2. The maximum Gasteiger partial charge on any atom is 0.127 e. The number of aryl methyl sites for hydroxylation is 2. The molecule has 0 aliphatic rings. The van der Waals surface area contributed by atoms with Crippen molar-refractivity contribution >= 4 is 37.9 Å². The lowest BCUT2D eigenvalue weighted by Crippen LogP contribution is -1.98. The summed E-state index contributed by atoms with van der Waals surface area (Å²) in [5.41, 5.74) is 4.66. The summed E-state index contributed by atoms with van der Waals surface area (Å²) in [6.07, 6.45) is 2.02. The van der Waals surface area contributed by atoms with Crippen molar-refractivity contribution in [3.63, 3.8) is 0 Å². The van der Waals surface area contributed by atoms with E-state index in [0.717, 1.165) is 14.7 Å². The van der Waals surface area contributed by atoms with Crippen molar-refractivity contribution in [3.05, 3.63) is 68.1 Å². The molecule has 0 bridgehead atoms. The molecule has 2 rings (SSSR count). The zero-order valence-corrected chi connectivity index (χ0v) is 14.7. The SMILES string of the molecule is Cc1cc(C)c(C=C(Br)Br)c(OCc2ccccc2)c1. The molecule has 0 spiro atoms. The summed E-state index contributed by atoms with van der Waals surface area (Å²) in [6.45, 7) is 4.75. The predicted octanol–water partition coefficient (Wildman–Crippen LogP) is 5.97. The Balaban J connectivity index is 2.28. The largest absolute Gasteiger partial charge is 0.488 e. The van der Waals surface area contributed by atoms with E-state index in [4.69, 9.17) is 4.74 Å². The molecule has 0 heterocycles. The second kappa shape index (κ2) is 7.09. The maximum absolute atomic E-state index is 6.00. The molecular formula is C17H16Br2O. The van der Waals surface area contributed by atoms with Crippen LogP contribution >= 0.6 is 31.9 Å². The van der Waals surface area contributed by atoms with E-state index in [9.17, 15) is 0 Å². The third-order valence-electron chi connectivity index (χ3n) is 2.98. The van der Waals surface area contributed by atoms with Gasteiger partial charge in [-0.1, -0.05) is 36.4 Å². The van der Waals surface area contributed by atoms with E-state index in [0.29, 0.717) is 6.61 Å². The predicted molar refractivity (Wildman–Crippen MR) is 92.5 cm³/mol. The zero-order chi connectivity index (χ0) is 14.5. The van der Waals surface area contributed by atoms with Gasteiger partial charge >= 0.3 is 0 Å². The van der Waals surface area contributed by atoms with Gasteiger partial charge in [-0.15, -0.1) is 0 Å². The lowest BCUT2D eigenvalue weighted by atomic mass is 10.0. The van der Waals surface area contributed by atoms with Crippen LogP contribution in [0.3, 0.4) is 0 Å². The van der Waals surface area contributed by atoms with E-state index in [1.807, 2.05) is 24.3 Å². The van der Waals surface area contributed by atoms with Crippen molar-refractivity contribution in [1.29, 1.82) is 0 Å². The van der Waals surface area contributed by atoms with Crippen LogP contribution in [0.15, 0.2) is 45.9 Å². The van der Waals surface area contributed by atoms with E-state index in [1.165, 1.54) is 16.7 Å². The van der Waals surface area contributed by atoms with Crippen LogP contribution < -0.4 is 4.74 Å². The molecule has 0 saturated heterocycles. The molecule has 3 heteroatoms. The normalized spacial score (nSPS) is 10.2. The summed E-state index contributed by atoms with van der Waals surface area (Å²) in [6, 6.07) is 14.4. The zero-order valence-electron chi connectivity index (χ0n) is 11.5. The number of halogens is 2. The molecule has 0 aliphatic carbocycles. The van der Waals surface area contributed by atoms with Crippen LogP contribution in [0.25, 0.3) is 6.08 Å². The van der Waals surface area contributed by atoms with Crippen molar-refractivity contribution in [3.8, 4) is 5.75 Å². The van der Waals surface area contributed by atoms with Crippen LogP contribution in [-0.2, 0) is 6.61 Å². The minimum Gasteiger partial charge on any atom is -0.488 e. The Morgan fingerprint density at radius 3 is 2.45 bits per heavy atom. The highest BCUT2D eigenvalue weighted by atomic mass is 79.9. The Kier molecular flexibility index (Phi) is 5.44. The van der Waals surface area contributed by atoms with Gasteiger partial charge in [-0.05, 0) is 74.5 Å². The highest BCUT2D eigenvalue weighted by Gasteiger charge is 2.07. The Bertz CT molecular complexity index is 614. The fourth-order valence-electron chi connectivity index (χ4n) is 2.09. The van der Waals surface area contributed by atoms with E-state index < -0.39 is 0 Å². The molecule has 0 fully saturated rings. The van der Waals surface area contributed by atoms with Gasteiger partial charge in [-0.2, -0.15) is 0 Å². The Labute approximate surface area is 136 Å². The van der Waals surface area contributed by atoms with Crippen LogP contribution in [0.2, 0.25) is 0 Å². The molecule has 0 aliphatic heterocycles.